The van der Waals surface area contributed by atoms with E-state index in [1.54, 1.807) is 0 Å². The van der Waals surface area contributed by atoms with E-state index in [4.69, 9.17) is 9.47 Å². The van der Waals surface area contributed by atoms with Gasteiger partial charge in [0.15, 0.2) is 0 Å². The minimum Gasteiger partial charge on any atom is -0.460 e. The summed E-state index contributed by atoms with van der Waals surface area (Å²) >= 11 is 0. The Balaban J connectivity index is 2.09. The summed E-state index contributed by atoms with van der Waals surface area (Å²) in [6, 6.07) is 0. The lowest BCUT2D eigenvalue weighted by molar-refractivity contribution is -0.142. The van der Waals surface area contributed by atoms with Crippen molar-refractivity contribution in [1.29, 1.82) is 0 Å². The van der Waals surface area contributed by atoms with Crippen LogP contribution in [0.3, 0.4) is 0 Å². The molecule has 0 aromatic rings. The second-order valence-electron chi connectivity index (χ2n) is 5.87. The van der Waals surface area contributed by atoms with E-state index in [0.717, 1.165) is 0 Å². The summed E-state index contributed by atoms with van der Waals surface area (Å²) in [6.07, 6.45) is 10.2. The first-order chi connectivity index (χ1) is 10.3. The predicted octanol–water partition coefficient (Wildman–Crippen LogP) is 3.71. The lowest BCUT2D eigenvalue weighted by Gasteiger charge is -2.11. The number of ether oxygens (including phenoxy) is 2. The predicted molar refractivity (Wildman–Crippen MR) is 90.9 cm³/mol. The molecule has 0 aliphatic heterocycles. The van der Waals surface area contributed by atoms with Gasteiger partial charge < -0.3 is 9.47 Å². The highest BCUT2D eigenvalue weighted by atomic mass is 32.2. The zero-order valence-corrected chi connectivity index (χ0v) is 14.7. The average Bonchev–Trinajstić information content (AvgIpc) is 2.99. The van der Waals surface area contributed by atoms with Crippen molar-refractivity contribution in [2.24, 2.45) is 0 Å². The number of hydrogen-bond acceptors (Lipinski definition) is 3. The smallest absolute Gasteiger partial charge is 0.356 e. The van der Waals surface area contributed by atoms with Crippen LogP contribution in [0, 0.1) is 0 Å². The highest BCUT2D eigenvalue weighted by Crippen LogP contribution is 2.20. The molecule has 1 aliphatic rings. The zero-order chi connectivity index (χ0) is 15.3. The van der Waals surface area contributed by atoms with Crippen LogP contribution in [0.15, 0.2) is 0 Å². The van der Waals surface area contributed by atoms with Crippen molar-refractivity contribution >= 4 is 16.9 Å². The maximum Gasteiger partial charge on any atom is 0.356 e. The minimum absolute atomic E-state index is 0.0273. The lowest BCUT2D eigenvalue weighted by atomic mass is 10.3. The van der Waals surface area contributed by atoms with Crippen molar-refractivity contribution in [3.63, 3.8) is 0 Å². The van der Waals surface area contributed by atoms with Gasteiger partial charge in [-0.3, -0.25) is 0 Å². The quantitative estimate of drug-likeness (QED) is 0.313. The average molecular weight is 318 g/mol. The molecule has 0 aromatic heterocycles. The molecule has 1 aliphatic carbocycles. The Labute approximate surface area is 133 Å². The van der Waals surface area contributed by atoms with E-state index < -0.39 is 0 Å². The second kappa shape index (κ2) is 12.3. The molecule has 0 radical (unpaired) electrons. The molecule has 124 valence electrons. The van der Waals surface area contributed by atoms with Crippen molar-refractivity contribution < 1.29 is 14.3 Å². The Morgan fingerprint density at radius 3 is 2.24 bits per heavy atom. The highest BCUT2D eigenvalue weighted by molar-refractivity contribution is 7.97. The van der Waals surface area contributed by atoms with Gasteiger partial charge in [-0.1, -0.05) is 39.5 Å². The van der Waals surface area contributed by atoms with Gasteiger partial charge in [0.25, 0.3) is 0 Å². The van der Waals surface area contributed by atoms with Crippen LogP contribution < -0.4 is 0 Å². The number of esters is 1. The topological polar surface area (TPSA) is 35.5 Å². The first-order valence-electron chi connectivity index (χ1n) is 8.67. The van der Waals surface area contributed by atoms with Crippen LogP contribution >= 0.6 is 0 Å². The summed E-state index contributed by atoms with van der Waals surface area (Å²) in [4.78, 5) is 11.9. The Morgan fingerprint density at radius 2 is 1.67 bits per heavy atom. The highest BCUT2D eigenvalue weighted by Gasteiger charge is 2.22. The molecule has 0 unspecified atom stereocenters. The van der Waals surface area contributed by atoms with Crippen molar-refractivity contribution in [3.8, 4) is 0 Å². The van der Waals surface area contributed by atoms with Gasteiger partial charge in [-0.2, -0.15) is 0 Å². The van der Waals surface area contributed by atoms with Crippen molar-refractivity contribution in [1.82, 2.24) is 0 Å². The Morgan fingerprint density at radius 1 is 1.05 bits per heavy atom. The Kier molecular flexibility index (Phi) is 11.1. The van der Waals surface area contributed by atoms with Gasteiger partial charge in [-0.25, -0.2) is 4.79 Å². The molecular weight excluding hydrogens is 284 g/mol. The van der Waals surface area contributed by atoms with E-state index in [-0.39, 0.29) is 16.9 Å². The molecular formula is C17H33O3S+. The zero-order valence-electron chi connectivity index (χ0n) is 13.9. The molecule has 0 heterocycles. The third-order valence-corrected chi connectivity index (χ3v) is 6.27. The maximum absolute atomic E-state index is 11.9. The fourth-order valence-electron chi connectivity index (χ4n) is 2.58. The monoisotopic (exact) mass is 317 g/mol. The third kappa shape index (κ3) is 9.41. The normalized spacial score (nSPS) is 15.8. The van der Waals surface area contributed by atoms with Gasteiger partial charge in [0.05, 0.1) is 12.7 Å². The molecule has 0 bridgehead atoms. The number of carbonyl (C=O) groups excluding carboxylic acids is 1. The summed E-state index contributed by atoms with van der Waals surface area (Å²) in [5, 5.41) is 0. The summed E-state index contributed by atoms with van der Waals surface area (Å²) in [5.74, 6) is 2.96. The molecule has 21 heavy (non-hydrogen) atoms. The molecule has 1 fully saturated rings. The maximum atomic E-state index is 11.9. The van der Waals surface area contributed by atoms with Crippen LogP contribution in [-0.4, -0.2) is 42.5 Å². The van der Waals surface area contributed by atoms with Gasteiger partial charge in [-0.15, -0.1) is 0 Å². The van der Waals surface area contributed by atoms with Crippen molar-refractivity contribution in [2.75, 3.05) is 30.5 Å². The largest absolute Gasteiger partial charge is 0.460 e. The van der Waals surface area contributed by atoms with Crippen LogP contribution in [0.4, 0.5) is 0 Å². The molecule has 0 aromatic carbocycles. The summed E-state index contributed by atoms with van der Waals surface area (Å²) < 4.78 is 11.0. The second-order valence-corrected chi connectivity index (χ2v) is 8.20. The van der Waals surface area contributed by atoms with E-state index in [2.05, 4.69) is 13.8 Å². The van der Waals surface area contributed by atoms with Crippen LogP contribution in [0.25, 0.3) is 0 Å². The van der Waals surface area contributed by atoms with Gasteiger partial charge >= 0.3 is 5.97 Å². The first kappa shape index (κ1) is 18.8. The first-order valence-corrected chi connectivity index (χ1v) is 10.4. The molecule has 1 rings (SSSR count). The molecule has 0 spiro atoms. The third-order valence-electron chi connectivity index (χ3n) is 3.90. The summed E-state index contributed by atoms with van der Waals surface area (Å²) in [6.45, 7) is 5.41. The van der Waals surface area contributed by atoms with Crippen molar-refractivity contribution in [3.05, 3.63) is 0 Å². The fourth-order valence-corrected chi connectivity index (χ4v) is 4.88. The molecule has 1 saturated carbocycles. The van der Waals surface area contributed by atoms with Crippen LogP contribution in [0.1, 0.15) is 65.2 Å². The summed E-state index contributed by atoms with van der Waals surface area (Å²) in [5.41, 5.74) is 0. The van der Waals surface area contributed by atoms with Crippen LogP contribution in [0.5, 0.6) is 0 Å². The minimum atomic E-state index is -0.0273. The molecule has 0 amide bonds. The molecule has 0 saturated heterocycles. The molecule has 4 heteroatoms. The number of rotatable bonds is 12. The van der Waals surface area contributed by atoms with Gasteiger partial charge in [0.1, 0.15) is 18.1 Å². The Hall–Kier alpha value is -0.220. The van der Waals surface area contributed by atoms with Gasteiger partial charge in [0, 0.05) is 0 Å². The van der Waals surface area contributed by atoms with Crippen molar-refractivity contribution in [2.45, 2.75) is 71.3 Å². The molecule has 0 N–H and O–H groups in total. The van der Waals surface area contributed by atoms with E-state index >= 15 is 0 Å². The SMILES string of the molecule is CCCC[S+](CCCC)CC(=O)OCCOC1CCCC1. The van der Waals surface area contributed by atoms with E-state index in [1.807, 2.05) is 0 Å². The van der Waals surface area contributed by atoms with Gasteiger partial charge in [0.2, 0.25) is 5.75 Å². The van der Waals surface area contributed by atoms with Gasteiger partial charge in [-0.05, 0) is 36.6 Å². The Bertz CT molecular complexity index is 257. The van der Waals surface area contributed by atoms with E-state index in [9.17, 15) is 4.79 Å². The number of hydrogen-bond donors (Lipinski definition) is 0. The van der Waals surface area contributed by atoms with Crippen LogP contribution in [-0.2, 0) is 25.2 Å². The number of unbranched alkanes of at least 4 members (excludes halogenated alkanes) is 2. The van der Waals surface area contributed by atoms with E-state index in [1.165, 1.54) is 62.9 Å². The lowest BCUT2D eigenvalue weighted by Crippen LogP contribution is -2.25. The summed E-state index contributed by atoms with van der Waals surface area (Å²) in [7, 11) is 0.223. The fraction of sp³-hybridized carbons (Fsp3) is 0.941. The number of carbonyl (C=O) groups is 1. The molecule has 0 atom stereocenters. The van der Waals surface area contributed by atoms with E-state index in [0.29, 0.717) is 25.1 Å². The standard InChI is InChI=1S/C17H33O3S/c1-3-5-13-21(14-6-4-2)15-17(18)20-12-11-19-16-9-7-8-10-16/h16H,3-15H2,1-2H3/q+1. The molecule has 3 nitrogen and oxygen atoms in total. The van der Waals surface area contributed by atoms with Crippen LogP contribution in [0.2, 0.25) is 0 Å².